The molecule has 0 amide bonds. The van der Waals surface area contributed by atoms with E-state index < -0.39 is 23.5 Å². The van der Waals surface area contributed by atoms with Gasteiger partial charge in [0.25, 0.3) is 0 Å². The molecule has 1 aliphatic carbocycles. The number of nitrogens with zero attached hydrogens (tertiary/aromatic N) is 1. The van der Waals surface area contributed by atoms with Crippen LogP contribution in [0.25, 0.3) is 0 Å². The predicted molar refractivity (Wildman–Crippen MR) is 81.0 cm³/mol. The molecule has 0 saturated carbocycles. The summed E-state index contributed by atoms with van der Waals surface area (Å²) in [5.41, 5.74) is 2.27. The van der Waals surface area contributed by atoms with Crippen molar-refractivity contribution in [2.75, 3.05) is 0 Å². The van der Waals surface area contributed by atoms with Gasteiger partial charge in [0.15, 0.2) is 0 Å². The second kappa shape index (κ2) is 5.33. The zero-order chi connectivity index (χ0) is 16.9. The fourth-order valence-electron chi connectivity index (χ4n) is 3.41. The van der Waals surface area contributed by atoms with Crippen LogP contribution in [0, 0.1) is 5.82 Å². The van der Waals surface area contributed by atoms with Crippen LogP contribution >= 0.6 is 0 Å². The van der Waals surface area contributed by atoms with Gasteiger partial charge in [-0.15, -0.1) is 0 Å². The molecule has 4 rings (SSSR count). The number of furan rings is 1. The Kier molecular flexibility index (Phi) is 3.37. The van der Waals surface area contributed by atoms with Crippen LogP contribution in [0.3, 0.4) is 0 Å². The number of alkyl halides is 3. The van der Waals surface area contributed by atoms with Crippen LogP contribution in [-0.2, 0) is 6.18 Å². The smallest absolute Gasteiger partial charge is 0.419 e. The predicted octanol–water partition coefficient (Wildman–Crippen LogP) is 5.77. The van der Waals surface area contributed by atoms with Crippen molar-refractivity contribution in [1.82, 2.24) is 0 Å². The fraction of sp³-hybridized carbons (Fsp3) is 0.278. The zero-order valence-corrected chi connectivity index (χ0v) is 12.5. The molecule has 124 valence electrons. The third-order valence-electron chi connectivity index (χ3n) is 4.49. The van der Waals surface area contributed by atoms with Crippen LogP contribution in [0.2, 0.25) is 0 Å². The number of fused-ring (bicyclic) bond motifs is 2. The first-order valence-electron chi connectivity index (χ1n) is 7.66. The Morgan fingerprint density at radius 1 is 1.17 bits per heavy atom. The van der Waals surface area contributed by atoms with Gasteiger partial charge in [0.2, 0.25) is 0 Å². The molecule has 0 unspecified atom stereocenters. The van der Waals surface area contributed by atoms with Gasteiger partial charge in [-0.05, 0) is 42.5 Å². The summed E-state index contributed by atoms with van der Waals surface area (Å²) in [4.78, 5) is 4.55. The highest BCUT2D eigenvalue weighted by molar-refractivity contribution is 6.06. The van der Waals surface area contributed by atoms with E-state index in [1.54, 1.807) is 0 Å². The van der Waals surface area contributed by atoms with Gasteiger partial charge in [-0.2, -0.15) is 13.2 Å². The van der Waals surface area contributed by atoms with E-state index in [1.165, 1.54) is 18.6 Å². The summed E-state index contributed by atoms with van der Waals surface area (Å²) in [6, 6.07) is 3.19. The molecule has 2 aromatic rings. The lowest BCUT2D eigenvalue weighted by Gasteiger charge is -2.29. The quantitative estimate of drug-likeness (QED) is 0.608. The standard InChI is InChI=1S/C18H13F4NO/c19-14-6-5-10(7-13(14)18(20,21)22)17-11-3-1-2-4-15(11)23-16-9-24-8-12(16)17/h3,5-9,17H,1-2,4H2/t17-/m0/s1. The molecule has 0 spiro atoms. The van der Waals surface area contributed by atoms with Gasteiger partial charge in [0.05, 0.1) is 11.8 Å². The van der Waals surface area contributed by atoms with Crippen LogP contribution in [0.1, 0.15) is 41.9 Å². The van der Waals surface area contributed by atoms with Crippen molar-refractivity contribution in [2.45, 2.75) is 31.4 Å². The van der Waals surface area contributed by atoms with Crippen molar-refractivity contribution >= 4 is 11.4 Å². The Labute approximate surface area is 135 Å². The molecule has 0 bridgehead atoms. The minimum absolute atomic E-state index is 0.395. The molecule has 0 saturated heterocycles. The molecule has 2 aliphatic rings. The monoisotopic (exact) mass is 335 g/mol. The van der Waals surface area contributed by atoms with Gasteiger partial charge in [-0.1, -0.05) is 12.1 Å². The Hall–Kier alpha value is -2.37. The summed E-state index contributed by atoms with van der Waals surface area (Å²) in [6.07, 6.45) is 2.87. The third-order valence-corrected chi connectivity index (χ3v) is 4.49. The summed E-state index contributed by atoms with van der Waals surface area (Å²) in [7, 11) is 0. The zero-order valence-electron chi connectivity index (χ0n) is 12.5. The van der Waals surface area contributed by atoms with Crippen LogP contribution in [0.15, 0.2) is 51.8 Å². The SMILES string of the molecule is Fc1ccc([C@H]2C3=CCCCC3=Nc3cocc32)cc1C(F)(F)F. The molecule has 6 heteroatoms. The van der Waals surface area contributed by atoms with E-state index in [0.717, 1.165) is 42.7 Å². The number of rotatable bonds is 1. The number of allylic oxidation sites excluding steroid dienone is 2. The second-order valence-corrected chi connectivity index (χ2v) is 5.99. The summed E-state index contributed by atoms with van der Waals surface area (Å²) < 4.78 is 58.0. The van der Waals surface area contributed by atoms with Crippen LogP contribution in [0.4, 0.5) is 23.2 Å². The topological polar surface area (TPSA) is 25.5 Å². The Morgan fingerprint density at radius 3 is 2.79 bits per heavy atom. The Bertz CT molecular complexity index is 860. The normalized spacial score (nSPS) is 20.1. The van der Waals surface area contributed by atoms with E-state index in [-0.39, 0.29) is 0 Å². The maximum atomic E-state index is 13.6. The Morgan fingerprint density at radius 2 is 2.00 bits per heavy atom. The second-order valence-electron chi connectivity index (χ2n) is 5.99. The van der Waals surface area contributed by atoms with Crippen LogP contribution < -0.4 is 0 Å². The molecule has 0 N–H and O–H groups in total. The number of halogens is 4. The number of benzene rings is 1. The minimum Gasteiger partial charge on any atom is -0.470 e. The summed E-state index contributed by atoms with van der Waals surface area (Å²) in [5, 5.41) is 0. The molecular weight excluding hydrogens is 322 g/mol. The van der Waals surface area contributed by atoms with Gasteiger partial charge in [0.1, 0.15) is 17.8 Å². The van der Waals surface area contributed by atoms with Crippen molar-refractivity contribution in [3.63, 3.8) is 0 Å². The number of aliphatic imine (C=N–C) groups is 1. The van der Waals surface area contributed by atoms with E-state index >= 15 is 0 Å². The van der Waals surface area contributed by atoms with Crippen LogP contribution in [-0.4, -0.2) is 5.71 Å². The van der Waals surface area contributed by atoms with Gasteiger partial charge >= 0.3 is 6.18 Å². The average molecular weight is 335 g/mol. The molecule has 1 aromatic heterocycles. The largest absolute Gasteiger partial charge is 0.470 e. The highest BCUT2D eigenvalue weighted by atomic mass is 19.4. The van der Waals surface area contributed by atoms with E-state index in [2.05, 4.69) is 4.99 Å². The molecule has 1 aromatic carbocycles. The first kappa shape index (κ1) is 15.2. The third kappa shape index (κ3) is 2.37. The highest BCUT2D eigenvalue weighted by Gasteiger charge is 2.37. The van der Waals surface area contributed by atoms with Crippen molar-refractivity contribution < 1.29 is 22.0 Å². The highest BCUT2D eigenvalue weighted by Crippen LogP contribution is 2.46. The average Bonchev–Trinajstić information content (AvgIpc) is 3.00. The van der Waals surface area contributed by atoms with Gasteiger partial charge in [-0.25, -0.2) is 9.38 Å². The van der Waals surface area contributed by atoms with E-state index in [9.17, 15) is 17.6 Å². The number of hydrogen-bond donors (Lipinski definition) is 0. The first-order chi connectivity index (χ1) is 11.4. The lowest BCUT2D eigenvalue weighted by atomic mass is 9.77. The summed E-state index contributed by atoms with van der Waals surface area (Å²) >= 11 is 0. The molecule has 1 atom stereocenters. The summed E-state index contributed by atoms with van der Waals surface area (Å²) in [6.45, 7) is 0. The van der Waals surface area contributed by atoms with E-state index in [1.807, 2.05) is 6.08 Å². The molecule has 0 fully saturated rings. The van der Waals surface area contributed by atoms with E-state index in [4.69, 9.17) is 4.42 Å². The lowest BCUT2D eigenvalue weighted by molar-refractivity contribution is -0.140. The molecular formula is C18H13F4NO. The van der Waals surface area contributed by atoms with Crippen molar-refractivity contribution in [1.29, 1.82) is 0 Å². The fourth-order valence-corrected chi connectivity index (χ4v) is 3.41. The van der Waals surface area contributed by atoms with Crippen molar-refractivity contribution in [3.05, 3.63) is 64.9 Å². The van der Waals surface area contributed by atoms with Crippen molar-refractivity contribution in [3.8, 4) is 0 Å². The van der Waals surface area contributed by atoms with E-state index in [0.29, 0.717) is 16.8 Å². The molecule has 0 radical (unpaired) electrons. The Balaban J connectivity index is 1.89. The molecule has 24 heavy (non-hydrogen) atoms. The molecule has 2 nitrogen and oxygen atoms in total. The van der Waals surface area contributed by atoms with Gasteiger partial charge < -0.3 is 4.42 Å². The lowest BCUT2D eigenvalue weighted by Crippen LogP contribution is -2.20. The van der Waals surface area contributed by atoms with Crippen LogP contribution in [0.5, 0.6) is 0 Å². The van der Waals surface area contributed by atoms with Crippen molar-refractivity contribution in [2.24, 2.45) is 4.99 Å². The first-order valence-corrected chi connectivity index (χ1v) is 7.66. The maximum absolute atomic E-state index is 13.6. The maximum Gasteiger partial charge on any atom is 0.419 e. The number of hydrogen-bond acceptors (Lipinski definition) is 2. The minimum atomic E-state index is -4.73. The van der Waals surface area contributed by atoms with Gasteiger partial charge in [0, 0.05) is 17.2 Å². The van der Waals surface area contributed by atoms with Gasteiger partial charge in [-0.3, -0.25) is 0 Å². The molecule has 2 heterocycles. The molecule has 1 aliphatic heterocycles. The summed E-state index contributed by atoms with van der Waals surface area (Å²) in [5.74, 6) is -1.67.